The van der Waals surface area contributed by atoms with Gasteiger partial charge in [0.05, 0.1) is 0 Å². The highest BCUT2D eigenvalue weighted by molar-refractivity contribution is 5.94. The first-order valence-corrected chi connectivity index (χ1v) is 8.35. The number of hydrogen-bond donors (Lipinski definition) is 2. The summed E-state index contributed by atoms with van der Waals surface area (Å²) in [5.74, 6) is 0.447. The quantitative estimate of drug-likeness (QED) is 0.656. The number of nitrogens with one attached hydrogen (secondary N) is 1. The molecule has 0 atom stereocenters. The van der Waals surface area contributed by atoms with Crippen molar-refractivity contribution in [3.05, 3.63) is 83.9 Å². The molecule has 3 aromatic carbocycles. The molecular weight excluding hydrogens is 310 g/mol. The van der Waals surface area contributed by atoms with Gasteiger partial charge < -0.3 is 10.4 Å². The van der Waals surface area contributed by atoms with Gasteiger partial charge in [0.1, 0.15) is 5.75 Å². The maximum absolute atomic E-state index is 11.1. The summed E-state index contributed by atoms with van der Waals surface area (Å²) < 4.78 is 0. The molecule has 4 rings (SSSR count). The van der Waals surface area contributed by atoms with Gasteiger partial charge in [0.15, 0.2) is 5.78 Å². The second-order valence-electron chi connectivity index (χ2n) is 6.02. The standard InChI is InChI=1S/C14H12O.C8H9NO/c1-11(15)12-7-9-14(10-8-12)13-5-3-2-4-6-13;10-7-2-1-6-3-4-9-8(6)5-7/h2-10H,1H3;1-2,5,9-10H,3-4H2. The molecule has 3 nitrogen and oxygen atoms in total. The van der Waals surface area contributed by atoms with E-state index in [0.717, 1.165) is 29.8 Å². The largest absolute Gasteiger partial charge is 0.508 e. The molecule has 2 N–H and O–H groups in total. The van der Waals surface area contributed by atoms with Gasteiger partial charge in [-0.25, -0.2) is 0 Å². The van der Waals surface area contributed by atoms with Crippen molar-refractivity contribution in [1.29, 1.82) is 0 Å². The number of fused-ring (bicyclic) bond motifs is 1. The number of rotatable bonds is 2. The topological polar surface area (TPSA) is 49.3 Å². The molecule has 25 heavy (non-hydrogen) atoms. The SMILES string of the molecule is CC(=O)c1ccc(-c2ccccc2)cc1.Oc1ccc2c(c1)NCC2. The number of phenolic OH excluding ortho intramolecular Hbond substituents is 1. The lowest BCUT2D eigenvalue weighted by Gasteiger charge is -2.01. The minimum absolute atomic E-state index is 0.106. The normalized spacial score (nSPS) is 11.7. The van der Waals surface area contributed by atoms with E-state index >= 15 is 0 Å². The predicted molar refractivity (Wildman–Crippen MR) is 102 cm³/mol. The minimum Gasteiger partial charge on any atom is -0.508 e. The molecule has 126 valence electrons. The summed E-state index contributed by atoms with van der Waals surface area (Å²) in [6.07, 6.45) is 1.08. The third-order valence-electron chi connectivity index (χ3n) is 4.20. The summed E-state index contributed by atoms with van der Waals surface area (Å²) in [4.78, 5) is 11.1. The third-order valence-corrected chi connectivity index (χ3v) is 4.20. The van der Waals surface area contributed by atoms with E-state index in [9.17, 15) is 4.79 Å². The number of anilines is 1. The Morgan fingerprint density at radius 2 is 1.60 bits per heavy atom. The Morgan fingerprint density at radius 1 is 0.920 bits per heavy atom. The number of benzene rings is 3. The van der Waals surface area contributed by atoms with Gasteiger partial charge in [-0.2, -0.15) is 0 Å². The van der Waals surface area contributed by atoms with Crippen molar-refractivity contribution in [2.45, 2.75) is 13.3 Å². The number of Topliss-reactive ketones (excluding diaryl/α,β-unsaturated/α-hetero) is 1. The van der Waals surface area contributed by atoms with Crippen LogP contribution < -0.4 is 5.32 Å². The van der Waals surface area contributed by atoms with Crippen LogP contribution in [0.2, 0.25) is 0 Å². The molecular formula is C22H21NO2. The second kappa shape index (κ2) is 7.67. The lowest BCUT2D eigenvalue weighted by atomic mass is 10.0. The van der Waals surface area contributed by atoms with E-state index in [1.54, 1.807) is 19.1 Å². The van der Waals surface area contributed by atoms with Crippen molar-refractivity contribution in [2.24, 2.45) is 0 Å². The highest BCUT2D eigenvalue weighted by atomic mass is 16.3. The molecule has 0 radical (unpaired) electrons. The molecule has 0 spiro atoms. The summed E-state index contributed by atoms with van der Waals surface area (Å²) in [5.41, 5.74) is 5.46. The van der Waals surface area contributed by atoms with Gasteiger partial charge in [0.2, 0.25) is 0 Å². The van der Waals surface area contributed by atoms with E-state index < -0.39 is 0 Å². The molecule has 1 aliphatic heterocycles. The van der Waals surface area contributed by atoms with Gasteiger partial charge in [-0.1, -0.05) is 60.7 Å². The van der Waals surface area contributed by atoms with Gasteiger partial charge in [0.25, 0.3) is 0 Å². The minimum atomic E-state index is 0.106. The molecule has 0 aliphatic carbocycles. The third kappa shape index (κ3) is 4.27. The zero-order valence-corrected chi connectivity index (χ0v) is 14.2. The summed E-state index contributed by atoms with van der Waals surface area (Å²) in [5, 5.41) is 12.2. The number of aromatic hydroxyl groups is 1. The fraction of sp³-hybridized carbons (Fsp3) is 0.136. The first-order valence-electron chi connectivity index (χ1n) is 8.35. The lowest BCUT2D eigenvalue weighted by molar-refractivity contribution is 0.101. The number of hydrogen-bond acceptors (Lipinski definition) is 3. The van der Waals surface area contributed by atoms with Crippen molar-refractivity contribution in [3.63, 3.8) is 0 Å². The zero-order chi connectivity index (χ0) is 17.6. The zero-order valence-electron chi connectivity index (χ0n) is 14.2. The number of ketones is 1. The lowest BCUT2D eigenvalue weighted by Crippen LogP contribution is -1.90. The molecule has 0 saturated carbocycles. The maximum atomic E-state index is 11.1. The Morgan fingerprint density at radius 3 is 2.28 bits per heavy atom. The Kier molecular flexibility index (Phi) is 5.14. The van der Waals surface area contributed by atoms with E-state index in [-0.39, 0.29) is 5.78 Å². The van der Waals surface area contributed by atoms with Crippen molar-refractivity contribution in [3.8, 4) is 16.9 Å². The summed E-state index contributed by atoms with van der Waals surface area (Å²) in [6.45, 7) is 2.58. The number of carbonyl (C=O) groups excluding carboxylic acids is 1. The first kappa shape index (κ1) is 16.8. The maximum Gasteiger partial charge on any atom is 0.159 e. The molecule has 0 saturated heterocycles. The molecule has 1 aliphatic rings. The van der Waals surface area contributed by atoms with E-state index in [2.05, 4.69) is 17.4 Å². The molecule has 3 heteroatoms. The molecule has 0 bridgehead atoms. The van der Waals surface area contributed by atoms with Crippen LogP contribution in [0.1, 0.15) is 22.8 Å². The highest BCUT2D eigenvalue weighted by Gasteiger charge is 2.08. The van der Waals surface area contributed by atoms with Crippen LogP contribution in [0, 0.1) is 0 Å². The number of carbonyl (C=O) groups is 1. The first-order chi connectivity index (χ1) is 12.1. The summed E-state index contributed by atoms with van der Waals surface area (Å²) in [7, 11) is 0. The average Bonchev–Trinajstić information content (AvgIpc) is 3.11. The molecule has 0 unspecified atom stereocenters. The summed E-state index contributed by atoms with van der Waals surface area (Å²) >= 11 is 0. The van der Waals surface area contributed by atoms with Crippen LogP contribution in [0.3, 0.4) is 0 Å². The predicted octanol–water partition coefficient (Wildman–Crippen LogP) is 4.92. The van der Waals surface area contributed by atoms with Crippen molar-refractivity contribution >= 4 is 11.5 Å². The van der Waals surface area contributed by atoms with Gasteiger partial charge in [-0.15, -0.1) is 0 Å². The number of phenols is 1. The fourth-order valence-electron chi connectivity index (χ4n) is 2.81. The van der Waals surface area contributed by atoms with Crippen molar-refractivity contribution in [1.82, 2.24) is 0 Å². The Labute approximate surface area is 148 Å². The van der Waals surface area contributed by atoms with Gasteiger partial charge in [0, 0.05) is 23.9 Å². The Hall–Kier alpha value is -3.07. The molecule has 3 aromatic rings. The van der Waals surface area contributed by atoms with Crippen LogP contribution in [0.15, 0.2) is 72.8 Å². The molecule has 1 heterocycles. The smallest absolute Gasteiger partial charge is 0.159 e. The van der Waals surface area contributed by atoms with Crippen LogP contribution in [0.25, 0.3) is 11.1 Å². The van der Waals surface area contributed by atoms with E-state index in [4.69, 9.17) is 5.11 Å². The van der Waals surface area contributed by atoms with Gasteiger partial charge >= 0.3 is 0 Å². The van der Waals surface area contributed by atoms with Gasteiger partial charge in [-0.3, -0.25) is 4.79 Å². The van der Waals surface area contributed by atoms with Gasteiger partial charge in [-0.05, 0) is 36.1 Å². The van der Waals surface area contributed by atoms with Crippen LogP contribution in [-0.4, -0.2) is 17.4 Å². The van der Waals surface area contributed by atoms with Crippen molar-refractivity contribution in [2.75, 3.05) is 11.9 Å². The molecule has 0 amide bonds. The Bertz CT molecular complexity index is 855. The van der Waals surface area contributed by atoms with Crippen LogP contribution in [0.5, 0.6) is 5.75 Å². The molecule has 0 aromatic heterocycles. The van der Waals surface area contributed by atoms with Crippen molar-refractivity contribution < 1.29 is 9.90 Å². The fourth-order valence-corrected chi connectivity index (χ4v) is 2.81. The summed E-state index contributed by atoms with van der Waals surface area (Å²) in [6, 6.07) is 23.3. The van der Waals surface area contributed by atoms with Crippen LogP contribution in [-0.2, 0) is 6.42 Å². The Balaban J connectivity index is 0.000000157. The van der Waals surface area contributed by atoms with E-state index in [1.165, 1.54) is 11.1 Å². The van der Waals surface area contributed by atoms with E-state index in [0.29, 0.717) is 5.75 Å². The average molecular weight is 331 g/mol. The van der Waals surface area contributed by atoms with E-state index in [1.807, 2.05) is 48.5 Å². The van der Waals surface area contributed by atoms with Crippen LogP contribution >= 0.6 is 0 Å². The van der Waals surface area contributed by atoms with Crippen LogP contribution in [0.4, 0.5) is 5.69 Å². The molecule has 0 fully saturated rings. The second-order valence-corrected chi connectivity index (χ2v) is 6.02. The highest BCUT2D eigenvalue weighted by Crippen LogP contribution is 2.25. The monoisotopic (exact) mass is 331 g/mol.